The van der Waals surface area contributed by atoms with Crippen molar-refractivity contribution in [2.75, 3.05) is 38.2 Å². The molecule has 3 aliphatic carbocycles. The smallest absolute Gasteiger partial charge is 0.307 e. The van der Waals surface area contributed by atoms with Gasteiger partial charge >= 0.3 is 5.97 Å². The van der Waals surface area contributed by atoms with Crippen molar-refractivity contribution in [1.82, 2.24) is 4.90 Å². The lowest BCUT2D eigenvalue weighted by Gasteiger charge is -2.48. The van der Waals surface area contributed by atoms with E-state index in [4.69, 9.17) is 4.74 Å². The van der Waals surface area contributed by atoms with E-state index in [1.54, 1.807) is 7.11 Å². The molecule has 1 N–H and O–H groups in total. The van der Waals surface area contributed by atoms with E-state index in [-0.39, 0.29) is 23.7 Å². The highest BCUT2D eigenvalue weighted by Crippen LogP contribution is 2.49. The first-order chi connectivity index (χ1) is 13.1. The van der Waals surface area contributed by atoms with Crippen LogP contribution in [-0.4, -0.2) is 55.2 Å². The molecule has 5 rings (SSSR count). The van der Waals surface area contributed by atoms with E-state index in [9.17, 15) is 14.7 Å². The number of carboxylic acid groups (broad SMARTS) is 1. The molecule has 3 saturated carbocycles. The summed E-state index contributed by atoms with van der Waals surface area (Å²) in [6.07, 6.45) is 3.94. The highest BCUT2D eigenvalue weighted by molar-refractivity contribution is 5.86. The number of ether oxygens (including phenoxy) is 1. The average molecular weight is 372 g/mol. The second-order valence-electron chi connectivity index (χ2n) is 8.05. The van der Waals surface area contributed by atoms with E-state index in [1.165, 1.54) is 0 Å². The van der Waals surface area contributed by atoms with Crippen LogP contribution in [0.1, 0.15) is 25.7 Å². The molecule has 6 heteroatoms. The first-order valence-corrected chi connectivity index (χ1v) is 9.99. The number of hydrogen-bond acceptors (Lipinski definition) is 4. The maximum atomic E-state index is 13.2. The Morgan fingerprint density at radius 3 is 2.15 bits per heavy atom. The van der Waals surface area contributed by atoms with Crippen LogP contribution in [-0.2, 0) is 9.59 Å². The third-order valence-corrected chi connectivity index (χ3v) is 6.81. The number of hydrogen-bond donors (Lipinski definition) is 1. The molecule has 0 radical (unpaired) electrons. The molecular formula is C21H28N2O4. The summed E-state index contributed by atoms with van der Waals surface area (Å²) in [7, 11) is 1.67. The summed E-state index contributed by atoms with van der Waals surface area (Å²) in [6.45, 7) is 2.75. The number of carbonyl (C=O) groups is 2. The zero-order chi connectivity index (χ0) is 19.0. The van der Waals surface area contributed by atoms with E-state index in [0.717, 1.165) is 50.2 Å². The number of anilines is 1. The van der Waals surface area contributed by atoms with Crippen molar-refractivity contribution in [2.24, 2.45) is 23.7 Å². The second kappa shape index (κ2) is 7.41. The molecule has 146 valence electrons. The minimum absolute atomic E-state index is 0.0662. The molecule has 1 amide bonds. The number of benzene rings is 1. The van der Waals surface area contributed by atoms with Gasteiger partial charge in [0, 0.05) is 26.2 Å². The van der Waals surface area contributed by atoms with Crippen molar-refractivity contribution in [3.05, 3.63) is 24.3 Å². The predicted molar refractivity (Wildman–Crippen MR) is 102 cm³/mol. The zero-order valence-corrected chi connectivity index (χ0v) is 15.8. The van der Waals surface area contributed by atoms with Crippen LogP contribution in [0.15, 0.2) is 24.3 Å². The van der Waals surface area contributed by atoms with Gasteiger partial charge in [-0.25, -0.2) is 0 Å². The number of piperazine rings is 1. The number of fused-ring (bicyclic) bond motifs is 3. The largest absolute Gasteiger partial charge is 0.495 e. The van der Waals surface area contributed by atoms with Crippen LogP contribution in [0.4, 0.5) is 5.69 Å². The van der Waals surface area contributed by atoms with Gasteiger partial charge in [0.25, 0.3) is 0 Å². The Labute approximate surface area is 160 Å². The molecular weight excluding hydrogens is 344 g/mol. The number of para-hydroxylation sites is 2. The number of methoxy groups -OCH3 is 1. The number of nitrogens with zero attached hydrogens (tertiary/aromatic N) is 2. The Balaban J connectivity index is 1.45. The highest BCUT2D eigenvalue weighted by atomic mass is 16.5. The lowest BCUT2D eigenvalue weighted by atomic mass is 9.58. The van der Waals surface area contributed by atoms with E-state index >= 15 is 0 Å². The fourth-order valence-corrected chi connectivity index (χ4v) is 5.43. The number of rotatable bonds is 4. The normalized spacial score (nSPS) is 30.3. The molecule has 0 aromatic heterocycles. The quantitative estimate of drug-likeness (QED) is 0.879. The minimum Gasteiger partial charge on any atom is -0.495 e. The fraction of sp³-hybridized carbons (Fsp3) is 0.619. The summed E-state index contributed by atoms with van der Waals surface area (Å²) in [5, 5.41) is 9.73. The lowest BCUT2D eigenvalue weighted by molar-refractivity contribution is -0.162. The van der Waals surface area contributed by atoms with Gasteiger partial charge in [0.05, 0.1) is 24.6 Å². The van der Waals surface area contributed by atoms with Crippen molar-refractivity contribution in [2.45, 2.75) is 25.7 Å². The summed E-state index contributed by atoms with van der Waals surface area (Å²) >= 11 is 0. The highest BCUT2D eigenvalue weighted by Gasteiger charge is 2.51. The molecule has 6 nitrogen and oxygen atoms in total. The molecule has 1 aliphatic heterocycles. The van der Waals surface area contributed by atoms with Crippen LogP contribution in [0.5, 0.6) is 5.75 Å². The number of amides is 1. The minimum atomic E-state index is -0.782. The molecule has 1 aromatic rings. The van der Waals surface area contributed by atoms with Crippen molar-refractivity contribution >= 4 is 17.6 Å². The first-order valence-electron chi connectivity index (χ1n) is 9.99. The van der Waals surface area contributed by atoms with Crippen LogP contribution < -0.4 is 9.64 Å². The maximum absolute atomic E-state index is 13.2. The Morgan fingerprint density at radius 1 is 0.963 bits per heavy atom. The Kier molecular flexibility index (Phi) is 4.98. The first kappa shape index (κ1) is 18.1. The molecule has 1 heterocycles. The van der Waals surface area contributed by atoms with Gasteiger partial charge in [-0.3, -0.25) is 9.59 Å². The molecule has 2 bridgehead atoms. The van der Waals surface area contributed by atoms with Crippen LogP contribution in [0.3, 0.4) is 0 Å². The van der Waals surface area contributed by atoms with Gasteiger partial charge in [-0.1, -0.05) is 12.1 Å². The van der Waals surface area contributed by atoms with E-state index in [2.05, 4.69) is 4.90 Å². The average Bonchev–Trinajstić information content (AvgIpc) is 2.73. The number of aliphatic carboxylic acids is 1. The Hall–Kier alpha value is -2.24. The topological polar surface area (TPSA) is 70.1 Å². The van der Waals surface area contributed by atoms with Crippen molar-refractivity contribution < 1.29 is 19.4 Å². The van der Waals surface area contributed by atoms with Crippen LogP contribution >= 0.6 is 0 Å². The van der Waals surface area contributed by atoms with Gasteiger partial charge in [0.15, 0.2) is 0 Å². The maximum Gasteiger partial charge on any atom is 0.307 e. The molecule has 0 unspecified atom stereocenters. The van der Waals surface area contributed by atoms with Gasteiger partial charge in [-0.2, -0.15) is 0 Å². The zero-order valence-electron chi connectivity index (χ0n) is 15.8. The molecule has 27 heavy (non-hydrogen) atoms. The van der Waals surface area contributed by atoms with Gasteiger partial charge in [0.2, 0.25) is 5.91 Å². The van der Waals surface area contributed by atoms with Gasteiger partial charge in [0.1, 0.15) is 5.75 Å². The van der Waals surface area contributed by atoms with E-state index < -0.39 is 11.9 Å². The SMILES string of the molecule is COc1ccccc1N1CCN(C(=O)[C@@H]2C3CCC(CC3)[C@@H]2C(=O)O)CC1. The summed E-state index contributed by atoms with van der Waals surface area (Å²) in [6, 6.07) is 7.93. The summed E-state index contributed by atoms with van der Waals surface area (Å²) in [5.74, 6) is -0.267. The molecule has 4 fully saturated rings. The van der Waals surface area contributed by atoms with E-state index in [0.29, 0.717) is 13.1 Å². The van der Waals surface area contributed by atoms with Crippen molar-refractivity contribution in [3.63, 3.8) is 0 Å². The van der Waals surface area contributed by atoms with Crippen molar-refractivity contribution in [1.29, 1.82) is 0 Å². The second-order valence-corrected chi connectivity index (χ2v) is 8.05. The van der Waals surface area contributed by atoms with Crippen LogP contribution in [0.25, 0.3) is 0 Å². The van der Waals surface area contributed by atoms with Gasteiger partial charge in [-0.15, -0.1) is 0 Å². The van der Waals surface area contributed by atoms with Gasteiger partial charge < -0.3 is 19.6 Å². The standard InChI is InChI=1S/C21H28N2O4/c1-27-17-5-3-2-4-16(17)22-10-12-23(13-11-22)20(24)18-14-6-8-15(9-7-14)19(18)21(25)26/h2-5,14-15,18-19H,6-13H2,1H3,(H,25,26)/t14?,15?,18-,19+/m1/s1. The lowest BCUT2D eigenvalue weighted by Crippen LogP contribution is -2.56. The van der Waals surface area contributed by atoms with Crippen LogP contribution in [0.2, 0.25) is 0 Å². The number of carbonyl (C=O) groups excluding carboxylic acids is 1. The summed E-state index contributed by atoms with van der Waals surface area (Å²) < 4.78 is 5.45. The summed E-state index contributed by atoms with van der Waals surface area (Å²) in [5.41, 5.74) is 1.05. The van der Waals surface area contributed by atoms with Crippen molar-refractivity contribution in [3.8, 4) is 5.75 Å². The molecule has 1 saturated heterocycles. The van der Waals surface area contributed by atoms with Gasteiger partial charge in [-0.05, 0) is 49.7 Å². The monoisotopic (exact) mass is 372 g/mol. The van der Waals surface area contributed by atoms with E-state index in [1.807, 2.05) is 29.2 Å². The molecule has 0 spiro atoms. The molecule has 4 aliphatic rings. The number of carboxylic acids is 1. The Morgan fingerprint density at radius 2 is 1.56 bits per heavy atom. The fourth-order valence-electron chi connectivity index (χ4n) is 5.43. The third-order valence-electron chi connectivity index (χ3n) is 6.81. The van der Waals surface area contributed by atoms with Crippen LogP contribution in [0, 0.1) is 23.7 Å². The predicted octanol–water partition coefficient (Wildman–Crippen LogP) is 2.48. The third kappa shape index (κ3) is 3.26. The Bertz CT molecular complexity index is 706. The summed E-state index contributed by atoms with van der Waals surface area (Å²) in [4.78, 5) is 29.2. The molecule has 2 atom stereocenters. The molecule has 1 aromatic carbocycles.